The number of rotatable bonds is 3. The van der Waals surface area contributed by atoms with Crippen molar-refractivity contribution in [2.24, 2.45) is 5.41 Å². The van der Waals surface area contributed by atoms with Crippen LogP contribution in [0.2, 0.25) is 0 Å². The number of nitrogens with one attached hydrogen (secondary N) is 1. The largest absolute Gasteiger partial charge is 0.508 e. The normalized spacial score (nSPS) is 21.9. The first-order valence-corrected chi connectivity index (χ1v) is 6.64. The summed E-state index contributed by atoms with van der Waals surface area (Å²) in [5, 5.41) is 23.7. The van der Waals surface area contributed by atoms with Gasteiger partial charge in [-0.1, -0.05) is 26.7 Å². The van der Waals surface area contributed by atoms with E-state index in [9.17, 15) is 15.2 Å². The highest BCUT2D eigenvalue weighted by Gasteiger charge is 2.33. The van der Waals surface area contributed by atoms with Gasteiger partial charge in [-0.05, 0) is 30.4 Å². The maximum atomic E-state index is 11.0. The van der Waals surface area contributed by atoms with E-state index in [1.54, 1.807) is 6.07 Å². The Balaban J connectivity index is 2.25. The molecule has 1 unspecified atom stereocenters. The third-order valence-electron chi connectivity index (χ3n) is 4.01. The first-order valence-electron chi connectivity index (χ1n) is 6.64. The monoisotopic (exact) mass is 264 g/mol. The molecule has 0 amide bonds. The van der Waals surface area contributed by atoms with Gasteiger partial charge >= 0.3 is 0 Å². The average Bonchev–Trinajstić information content (AvgIpc) is 2.33. The molecular weight excluding hydrogens is 244 g/mol. The van der Waals surface area contributed by atoms with Crippen molar-refractivity contribution >= 4 is 11.4 Å². The van der Waals surface area contributed by atoms with E-state index in [4.69, 9.17) is 0 Å². The van der Waals surface area contributed by atoms with Crippen LogP contribution in [0.5, 0.6) is 5.75 Å². The van der Waals surface area contributed by atoms with Gasteiger partial charge in [0.2, 0.25) is 0 Å². The Morgan fingerprint density at radius 3 is 2.79 bits per heavy atom. The maximum absolute atomic E-state index is 11.0. The van der Waals surface area contributed by atoms with Crippen molar-refractivity contribution in [3.8, 4) is 5.75 Å². The molecule has 1 aromatic rings. The highest BCUT2D eigenvalue weighted by Crippen LogP contribution is 2.39. The summed E-state index contributed by atoms with van der Waals surface area (Å²) >= 11 is 0. The molecule has 5 heteroatoms. The number of phenols is 1. The second-order valence-electron chi connectivity index (χ2n) is 5.89. The van der Waals surface area contributed by atoms with Crippen molar-refractivity contribution in [1.29, 1.82) is 0 Å². The van der Waals surface area contributed by atoms with Crippen molar-refractivity contribution in [3.05, 3.63) is 28.3 Å². The number of phenolic OH excluding ortho intramolecular Hbond substituents is 1. The molecule has 0 bridgehead atoms. The molecule has 1 aliphatic rings. The Bertz CT molecular complexity index is 486. The fourth-order valence-electron chi connectivity index (χ4n) is 2.74. The highest BCUT2D eigenvalue weighted by molar-refractivity contribution is 5.64. The minimum absolute atomic E-state index is 0.0682. The molecule has 1 atom stereocenters. The summed E-state index contributed by atoms with van der Waals surface area (Å²) in [6, 6.07) is 4.48. The third kappa shape index (κ3) is 2.97. The SMILES string of the molecule is CC1(C)CCCCC1Nc1ccc(O)cc1[N+](=O)[O-]. The topological polar surface area (TPSA) is 75.4 Å². The predicted molar refractivity (Wildman–Crippen MR) is 74.4 cm³/mol. The van der Waals surface area contributed by atoms with Crippen LogP contribution in [-0.2, 0) is 0 Å². The Morgan fingerprint density at radius 1 is 1.42 bits per heavy atom. The van der Waals surface area contributed by atoms with Crippen molar-refractivity contribution in [3.63, 3.8) is 0 Å². The number of benzene rings is 1. The molecule has 0 aromatic heterocycles. The molecule has 0 radical (unpaired) electrons. The first kappa shape index (κ1) is 13.6. The standard InChI is InChI=1S/C14H20N2O3/c1-14(2)8-4-3-5-13(14)15-11-7-6-10(17)9-12(11)16(18)19/h6-7,9,13,15,17H,3-5,8H2,1-2H3. The molecule has 1 aromatic carbocycles. The van der Waals surface area contributed by atoms with Gasteiger partial charge in [0, 0.05) is 6.04 Å². The molecule has 0 aliphatic heterocycles. The van der Waals surface area contributed by atoms with Crippen molar-refractivity contribution in [1.82, 2.24) is 0 Å². The van der Waals surface area contributed by atoms with Gasteiger partial charge in [0.15, 0.2) is 0 Å². The van der Waals surface area contributed by atoms with E-state index in [1.165, 1.54) is 18.6 Å². The lowest BCUT2D eigenvalue weighted by atomic mass is 9.73. The van der Waals surface area contributed by atoms with E-state index < -0.39 is 4.92 Å². The fraction of sp³-hybridized carbons (Fsp3) is 0.571. The van der Waals surface area contributed by atoms with Gasteiger partial charge < -0.3 is 10.4 Å². The Labute approximate surface area is 112 Å². The minimum Gasteiger partial charge on any atom is -0.508 e. The van der Waals surface area contributed by atoms with E-state index >= 15 is 0 Å². The molecule has 2 rings (SSSR count). The van der Waals surface area contributed by atoms with E-state index in [1.807, 2.05) is 0 Å². The number of nitro benzene ring substituents is 1. The maximum Gasteiger partial charge on any atom is 0.296 e. The second-order valence-corrected chi connectivity index (χ2v) is 5.89. The number of anilines is 1. The fourth-order valence-corrected chi connectivity index (χ4v) is 2.74. The van der Waals surface area contributed by atoms with Crippen LogP contribution < -0.4 is 5.32 Å². The minimum atomic E-state index is -0.460. The van der Waals surface area contributed by atoms with Gasteiger partial charge in [-0.2, -0.15) is 0 Å². The van der Waals surface area contributed by atoms with E-state index in [-0.39, 0.29) is 22.9 Å². The van der Waals surface area contributed by atoms with Gasteiger partial charge in [0.1, 0.15) is 11.4 Å². The van der Waals surface area contributed by atoms with E-state index in [0.29, 0.717) is 5.69 Å². The summed E-state index contributed by atoms with van der Waals surface area (Å²) in [5.74, 6) is -0.0832. The predicted octanol–water partition coefficient (Wildman–Crippen LogP) is 3.68. The van der Waals surface area contributed by atoms with E-state index in [2.05, 4.69) is 19.2 Å². The van der Waals surface area contributed by atoms with Crippen LogP contribution in [0.1, 0.15) is 39.5 Å². The van der Waals surface area contributed by atoms with E-state index in [0.717, 1.165) is 19.3 Å². The summed E-state index contributed by atoms with van der Waals surface area (Å²) in [6.07, 6.45) is 4.50. The smallest absolute Gasteiger partial charge is 0.296 e. The molecule has 0 saturated heterocycles. The zero-order valence-corrected chi connectivity index (χ0v) is 11.3. The molecule has 0 spiro atoms. The van der Waals surface area contributed by atoms with Crippen LogP contribution >= 0.6 is 0 Å². The lowest BCUT2D eigenvalue weighted by molar-refractivity contribution is -0.384. The summed E-state index contributed by atoms with van der Waals surface area (Å²) in [4.78, 5) is 10.6. The lowest BCUT2D eigenvalue weighted by Crippen LogP contribution is -2.39. The van der Waals surface area contributed by atoms with Crippen molar-refractivity contribution in [2.45, 2.75) is 45.6 Å². The van der Waals surface area contributed by atoms with Gasteiger partial charge in [-0.3, -0.25) is 10.1 Å². The van der Waals surface area contributed by atoms with Crippen LogP contribution in [0.4, 0.5) is 11.4 Å². The third-order valence-corrected chi connectivity index (χ3v) is 4.01. The number of hydrogen-bond donors (Lipinski definition) is 2. The molecular formula is C14H20N2O3. The van der Waals surface area contributed by atoms with Crippen LogP contribution in [0.25, 0.3) is 0 Å². The molecule has 0 heterocycles. The molecule has 1 aliphatic carbocycles. The van der Waals surface area contributed by atoms with Crippen LogP contribution in [0.3, 0.4) is 0 Å². The zero-order chi connectivity index (χ0) is 14.0. The average molecular weight is 264 g/mol. The lowest BCUT2D eigenvalue weighted by Gasteiger charge is -2.39. The van der Waals surface area contributed by atoms with Gasteiger partial charge in [0.05, 0.1) is 11.0 Å². The van der Waals surface area contributed by atoms with Crippen molar-refractivity contribution < 1.29 is 10.0 Å². The zero-order valence-electron chi connectivity index (χ0n) is 11.3. The second kappa shape index (κ2) is 5.07. The Kier molecular flexibility index (Phi) is 3.64. The van der Waals surface area contributed by atoms with Crippen molar-refractivity contribution in [2.75, 3.05) is 5.32 Å². The van der Waals surface area contributed by atoms with Gasteiger partial charge in [0.25, 0.3) is 5.69 Å². The summed E-state index contributed by atoms with van der Waals surface area (Å²) < 4.78 is 0. The number of nitro groups is 1. The van der Waals surface area contributed by atoms with Crippen LogP contribution in [-0.4, -0.2) is 16.1 Å². The molecule has 19 heavy (non-hydrogen) atoms. The number of aromatic hydroxyl groups is 1. The Hall–Kier alpha value is -1.78. The summed E-state index contributed by atoms with van der Waals surface area (Å²) in [7, 11) is 0. The number of nitrogens with zero attached hydrogens (tertiary/aromatic N) is 1. The first-order chi connectivity index (χ1) is 8.90. The summed E-state index contributed by atoms with van der Waals surface area (Å²) in [5.41, 5.74) is 0.549. The van der Waals surface area contributed by atoms with Crippen LogP contribution in [0, 0.1) is 15.5 Å². The summed E-state index contributed by atoms with van der Waals surface area (Å²) in [6.45, 7) is 4.38. The molecule has 104 valence electrons. The number of hydrogen-bond acceptors (Lipinski definition) is 4. The Morgan fingerprint density at radius 2 is 2.16 bits per heavy atom. The molecule has 5 nitrogen and oxygen atoms in total. The van der Waals surface area contributed by atoms with Crippen LogP contribution in [0.15, 0.2) is 18.2 Å². The molecule has 1 saturated carbocycles. The molecule has 2 N–H and O–H groups in total. The quantitative estimate of drug-likeness (QED) is 0.496. The van der Waals surface area contributed by atoms with Gasteiger partial charge in [-0.15, -0.1) is 0 Å². The highest BCUT2D eigenvalue weighted by atomic mass is 16.6. The molecule has 1 fully saturated rings. The van der Waals surface area contributed by atoms with Gasteiger partial charge in [-0.25, -0.2) is 0 Å².